The number of aliphatic carboxylic acids is 1. The van der Waals surface area contributed by atoms with E-state index in [-0.39, 0.29) is 24.9 Å². The van der Waals surface area contributed by atoms with Gasteiger partial charge in [0.25, 0.3) is 5.91 Å². The molecule has 9 heteroatoms. The highest BCUT2D eigenvalue weighted by Gasteiger charge is 2.29. The minimum Gasteiger partial charge on any atom is -0.480 e. The van der Waals surface area contributed by atoms with Gasteiger partial charge in [-0.2, -0.15) is 5.10 Å². The maximum Gasteiger partial charge on any atom is 0.323 e. The van der Waals surface area contributed by atoms with Crippen LogP contribution in [-0.4, -0.2) is 81.4 Å². The zero-order valence-corrected chi connectivity index (χ0v) is 14.1. The number of hydrogen-bond acceptors (Lipinski definition) is 5. The quantitative estimate of drug-likeness (QED) is 0.776. The number of aromatic nitrogens is 2. The van der Waals surface area contributed by atoms with Crippen LogP contribution >= 0.6 is 0 Å². The summed E-state index contributed by atoms with van der Waals surface area (Å²) in [6.07, 6.45) is 1.12. The van der Waals surface area contributed by atoms with Crippen molar-refractivity contribution < 1.29 is 24.2 Å². The van der Waals surface area contributed by atoms with Gasteiger partial charge >= 0.3 is 5.97 Å². The van der Waals surface area contributed by atoms with Crippen molar-refractivity contribution in [2.45, 2.75) is 20.0 Å². The summed E-state index contributed by atoms with van der Waals surface area (Å²) >= 11 is 0. The van der Waals surface area contributed by atoms with Gasteiger partial charge in [0.05, 0.1) is 24.5 Å². The van der Waals surface area contributed by atoms with Gasteiger partial charge < -0.3 is 19.6 Å². The first-order chi connectivity index (χ1) is 11.3. The third-order valence-corrected chi connectivity index (χ3v) is 4.09. The van der Waals surface area contributed by atoms with Crippen molar-refractivity contribution in [3.05, 3.63) is 17.5 Å². The molecule has 1 atom stereocenters. The third-order valence-electron chi connectivity index (χ3n) is 4.09. The van der Waals surface area contributed by atoms with Gasteiger partial charge in [0.2, 0.25) is 5.91 Å². The van der Waals surface area contributed by atoms with Crippen molar-refractivity contribution in [3.8, 4) is 0 Å². The molecule has 0 radical (unpaired) electrons. The van der Waals surface area contributed by atoms with E-state index in [0.29, 0.717) is 25.3 Å². The van der Waals surface area contributed by atoms with Crippen LogP contribution in [0.4, 0.5) is 0 Å². The lowest BCUT2D eigenvalue weighted by atomic mass is 10.2. The van der Waals surface area contributed by atoms with Gasteiger partial charge in [0.15, 0.2) is 0 Å². The highest BCUT2D eigenvalue weighted by molar-refractivity contribution is 5.95. The number of nitrogens with zero attached hydrogens (tertiary/aromatic N) is 4. The molecule has 0 aromatic carbocycles. The van der Waals surface area contributed by atoms with Crippen LogP contribution in [0.15, 0.2) is 6.20 Å². The van der Waals surface area contributed by atoms with Crippen LogP contribution in [0.5, 0.6) is 0 Å². The molecule has 0 saturated carbocycles. The molecule has 1 unspecified atom stereocenters. The average molecular weight is 338 g/mol. The molecule has 1 saturated heterocycles. The summed E-state index contributed by atoms with van der Waals surface area (Å²) in [5, 5.41) is 13.0. The van der Waals surface area contributed by atoms with E-state index in [0.717, 1.165) is 5.69 Å². The molecule has 132 valence electrons. The zero-order chi connectivity index (χ0) is 17.9. The number of carboxylic acids is 1. The summed E-state index contributed by atoms with van der Waals surface area (Å²) in [4.78, 5) is 37.9. The number of amides is 2. The Labute approximate surface area is 139 Å². The van der Waals surface area contributed by atoms with Crippen LogP contribution in [0.3, 0.4) is 0 Å². The molecule has 1 N–H and O–H groups in total. The molecule has 2 rings (SSSR count). The number of carbonyl (C=O) groups is 3. The summed E-state index contributed by atoms with van der Waals surface area (Å²) in [5.41, 5.74) is 1.31. The standard InChI is InChI=1S/C15H22N4O5/c1-10-13(6-16-17(10)3)15(23)18-4-5-24-12(7-18)8-19(11(2)20)9-14(21)22/h6,12H,4-5,7-9H2,1-3H3,(H,21,22). The Morgan fingerprint density at radius 2 is 2.17 bits per heavy atom. The molecule has 0 bridgehead atoms. The van der Waals surface area contributed by atoms with E-state index in [2.05, 4.69) is 5.10 Å². The Hall–Kier alpha value is -2.42. The van der Waals surface area contributed by atoms with Crippen molar-refractivity contribution in [2.24, 2.45) is 7.05 Å². The number of morpholine rings is 1. The van der Waals surface area contributed by atoms with Crippen LogP contribution in [-0.2, 0) is 21.4 Å². The van der Waals surface area contributed by atoms with E-state index < -0.39 is 12.1 Å². The Balaban J connectivity index is 2.03. The maximum absolute atomic E-state index is 12.6. The first-order valence-corrected chi connectivity index (χ1v) is 7.66. The molecule has 2 heterocycles. The van der Waals surface area contributed by atoms with Crippen LogP contribution in [0.2, 0.25) is 0 Å². The van der Waals surface area contributed by atoms with E-state index in [1.165, 1.54) is 18.0 Å². The molecule has 1 aliphatic heterocycles. The van der Waals surface area contributed by atoms with Gasteiger partial charge in [-0.1, -0.05) is 0 Å². The fourth-order valence-electron chi connectivity index (χ4n) is 2.61. The van der Waals surface area contributed by atoms with Crippen LogP contribution < -0.4 is 0 Å². The average Bonchev–Trinajstić information content (AvgIpc) is 2.85. The number of rotatable bonds is 5. The molecule has 1 aromatic heterocycles. The fourth-order valence-corrected chi connectivity index (χ4v) is 2.61. The van der Waals surface area contributed by atoms with Crippen molar-refractivity contribution in [1.29, 1.82) is 0 Å². The molecule has 24 heavy (non-hydrogen) atoms. The Bertz CT molecular complexity index is 642. The lowest BCUT2D eigenvalue weighted by Crippen LogP contribution is -2.51. The van der Waals surface area contributed by atoms with Gasteiger partial charge in [-0.05, 0) is 6.92 Å². The molecule has 9 nitrogen and oxygen atoms in total. The third kappa shape index (κ3) is 4.10. The largest absolute Gasteiger partial charge is 0.480 e. The van der Waals surface area contributed by atoms with Crippen LogP contribution in [0, 0.1) is 6.92 Å². The van der Waals surface area contributed by atoms with Crippen molar-refractivity contribution >= 4 is 17.8 Å². The number of aryl methyl sites for hydroxylation is 1. The predicted molar refractivity (Wildman–Crippen MR) is 83.5 cm³/mol. The second kappa shape index (κ2) is 7.43. The number of carbonyl (C=O) groups excluding carboxylic acids is 2. The fraction of sp³-hybridized carbons (Fsp3) is 0.600. The molecule has 1 aliphatic rings. The second-order valence-electron chi connectivity index (χ2n) is 5.80. The SMILES string of the molecule is CC(=O)N(CC(=O)O)CC1CN(C(=O)c2cnn(C)c2C)CCO1. The molecule has 0 spiro atoms. The monoisotopic (exact) mass is 338 g/mol. The minimum atomic E-state index is -1.08. The minimum absolute atomic E-state index is 0.136. The molecule has 1 aromatic rings. The van der Waals surface area contributed by atoms with E-state index in [1.54, 1.807) is 16.6 Å². The normalized spacial score (nSPS) is 17.6. The van der Waals surface area contributed by atoms with E-state index in [1.807, 2.05) is 6.92 Å². The number of hydrogen-bond donors (Lipinski definition) is 1. The highest BCUT2D eigenvalue weighted by Crippen LogP contribution is 2.14. The van der Waals surface area contributed by atoms with Crippen molar-refractivity contribution in [1.82, 2.24) is 19.6 Å². The Morgan fingerprint density at radius 3 is 2.71 bits per heavy atom. The number of carboxylic acid groups (broad SMARTS) is 1. The van der Waals surface area contributed by atoms with Gasteiger partial charge in [-0.25, -0.2) is 0 Å². The van der Waals surface area contributed by atoms with E-state index in [9.17, 15) is 14.4 Å². The van der Waals surface area contributed by atoms with Crippen LogP contribution in [0.1, 0.15) is 23.0 Å². The first kappa shape index (κ1) is 17.9. The molecule has 1 fully saturated rings. The van der Waals surface area contributed by atoms with Gasteiger partial charge in [0, 0.05) is 39.3 Å². The van der Waals surface area contributed by atoms with E-state index >= 15 is 0 Å². The summed E-state index contributed by atoms with van der Waals surface area (Å²) in [5.74, 6) is -1.56. The summed E-state index contributed by atoms with van der Waals surface area (Å²) < 4.78 is 7.22. The topological polar surface area (TPSA) is 105 Å². The van der Waals surface area contributed by atoms with E-state index in [4.69, 9.17) is 9.84 Å². The van der Waals surface area contributed by atoms with Crippen LogP contribution in [0.25, 0.3) is 0 Å². The summed E-state index contributed by atoms with van der Waals surface area (Å²) in [6, 6.07) is 0. The van der Waals surface area contributed by atoms with Crippen molar-refractivity contribution in [3.63, 3.8) is 0 Å². The predicted octanol–water partition coefficient (Wildman–Crippen LogP) is -0.497. The highest BCUT2D eigenvalue weighted by atomic mass is 16.5. The lowest BCUT2D eigenvalue weighted by Gasteiger charge is -2.35. The lowest BCUT2D eigenvalue weighted by molar-refractivity contribution is -0.145. The van der Waals surface area contributed by atoms with Gasteiger partial charge in [0.1, 0.15) is 6.54 Å². The Kier molecular flexibility index (Phi) is 5.55. The number of ether oxygens (including phenoxy) is 1. The summed E-state index contributed by atoms with van der Waals surface area (Å²) in [6.45, 7) is 3.98. The van der Waals surface area contributed by atoms with Gasteiger partial charge in [-0.3, -0.25) is 19.1 Å². The zero-order valence-electron chi connectivity index (χ0n) is 14.1. The molecule has 2 amide bonds. The van der Waals surface area contributed by atoms with Crippen molar-refractivity contribution in [2.75, 3.05) is 32.8 Å². The molecule has 0 aliphatic carbocycles. The smallest absolute Gasteiger partial charge is 0.323 e. The second-order valence-corrected chi connectivity index (χ2v) is 5.80. The van der Waals surface area contributed by atoms with Gasteiger partial charge in [-0.15, -0.1) is 0 Å². The Morgan fingerprint density at radius 1 is 1.46 bits per heavy atom. The molecular formula is C15H22N4O5. The maximum atomic E-state index is 12.6. The molecular weight excluding hydrogens is 316 g/mol. The summed E-state index contributed by atoms with van der Waals surface area (Å²) in [7, 11) is 1.77. The first-order valence-electron chi connectivity index (χ1n) is 7.66.